The minimum Gasteiger partial charge on any atom is -0.349 e. The van der Waals surface area contributed by atoms with Gasteiger partial charge in [-0.25, -0.2) is 4.98 Å². The van der Waals surface area contributed by atoms with Gasteiger partial charge >= 0.3 is 0 Å². The van der Waals surface area contributed by atoms with Crippen molar-refractivity contribution in [1.29, 1.82) is 0 Å². The van der Waals surface area contributed by atoms with Crippen LogP contribution < -0.4 is 5.32 Å². The summed E-state index contributed by atoms with van der Waals surface area (Å²) in [7, 11) is 0. The summed E-state index contributed by atoms with van der Waals surface area (Å²) in [4.78, 5) is 7.31. The lowest BCUT2D eigenvalue weighted by Gasteiger charge is -2.05. The first-order chi connectivity index (χ1) is 8.34. The molecule has 3 nitrogen and oxygen atoms in total. The van der Waals surface area contributed by atoms with E-state index in [0.29, 0.717) is 0 Å². The average Bonchev–Trinajstić information content (AvgIpc) is 2.82. The van der Waals surface area contributed by atoms with Gasteiger partial charge in [0.15, 0.2) is 0 Å². The molecule has 0 aliphatic carbocycles. The van der Waals surface area contributed by atoms with Crippen LogP contribution in [0, 0.1) is 6.92 Å². The highest BCUT2D eigenvalue weighted by Crippen LogP contribution is 2.03. The second kappa shape index (κ2) is 6.21. The van der Waals surface area contributed by atoms with Gasteiger partial charge in [0.1, 0.15) is 5.82 Å². The summed E-state index contributed by atoms with van der Waals surface area (Å²) in [6.45, 7) is 4.09. The van der Waals surface area contributed by atoms with E-state index in [1.54, 1.807) is 6.20 Å². The lowest BCUT2D eigenvalue weighted by atomic mass is 10.1. The van der Waals surface area contributed by atoms with Crippen LogP contribution in [0.5, 0.6) is 0 Å². The molecule has 0 amide bonds. The van der Waals surface area contributed by atoms with Crippen molar-refractivity contribution in [1.82, 2.24) is 15.3 Å². The Labute approximate surface area is 102 Å². The van der Waals surface area contributed by atoms with Gasteiger partial charge in [0.25, 0.3) is 0 Å². The fraction of sp³-hybridized carbons (Fsp3) is 0.357. The third-order valence-corrected chi connectivity index (χ3v) is 2.73. The fourth-order valence-electron chi connectivity index (χ4n) is 1.87. The van der Waals surface area contributed by atoms with Crippen molar-refractivity contribution in [3.63, 3.8) is 0 Å². The standard InChI is InChI=1S/C14H19N3/c1-12-4-2-5-13(10-12)11-15-7-3-6-14-16-8-9-17-14/h2,4-5,8-10,15H,3,6-7,11H2,1H3,(H,16,17). The quantitative estimate of drug-likeness (QED) is 0.747. The van der Waals surface area contributed by atoms with Crippen molar-refractivity contribution in [3.8, 4) is 0 Å². The topological polar surface area (TPSA) is 40.7 Å². The van der Waals surface area contributed by atoms with Crippen LogP contribution in [-0.2, 0) is 13.0 Å². The number of rotatable bonds is 6. The number of imidazole rings is 1. The first kappa shape index (κ1) is 11.9. The number of aromatic nitrogens is 2. The molecule has 1 aromatic heterocycles. The van der Waals surface area contributed by atoms with Crippen LogP contribution in [0.2, 0.25) is 0 Å². The summed E-state index contributed by atoms with van der Waals surface area (Å²) >= 11 is 0. The Balaban J connectivity index is 1.63. The van der Waals surface area contributed by atoms with Crippen molar-refractivity contribution < 1.29 is 0 Å². The van der Waals surface area contributed by atoms with Crippen molar-refractivity contribution in [2.24, 2.45) is 0 Å². The van der Waals surface area contributed by atoms with E-state index in [4.69, 9.17) is 0 Å². The molecule has 17 heavy (non-hydrogen) atoms. The van der Waals surface area contributed by atoms with Gasteiger partial charge in [0.05, 0.1) is 0 Å². The van der Waals surface area contributed by atoms with Gasteiger partial charge < -0.3 is 10.3 Å². The molecule has 0 saturated carbocycles. The minimum atomic E-state index is 0.944. The maximum atomic E-state index is 4.20. The average molecular weight is 229 g/mol. The zero-order valence-electron chi connectivity index (χ0n) is 10.2. The number of hydrogen-bond donors (Lipinski definition) is 2. The molecular weight excluding hydrogens is 210 g/mol. The van der Waals surface area contributed by atoms with Crippen LogP contribution in [0.1, 0.15) is 23.4 Å². The van der Waals surface area contributed by atoms with Crippen molar-refractivity contribution in [3.05, 3.63) is 53.6 Å². The van der Waals surface area contributed by atoms with E-state index in [1.165, 1.54) is 11.1 Å². The molecule has 0 atom stereocenters. The van der Waals surface area contributed by atoms with Gasteiger partial charge in [-0.15, -0.1) is 0 Å². The molecule has 0 spiro atoms. The van der Waals surface area contributed by atoms with Gasteiger partial charge in [-0.05, 0) is 25.5 Å². The molecule has 0 bridgehead atoms. The van der Waals surface area contributed by atoms with E-state index in [0.717, 1.165) is 31.8 Å². The largest absolute Gasteiger partial charge is 0.349 e. The summed E-state index contributed by atoms with van der Waals surface area (Å²) in [6.07, 6.45) is 5.79. The summed E-state index contributed by atoms with van der Waals surface area (Å²) in [5, 5.41) is 3.45. The Hall–Kier alpha value is -1.61. The van der Waals surface area contributed by atoms with E-state index in [-0.39, 0.29) is 0 Å². The zero-order valence-corrected chi connectivity index (χ0v) is 10.2. The molecule has 2 rings (SSSR count). The van der Waals surface area contributed by atoms with E-state index in [9.17, 15) is 0 Å². The number of benzene rings is 1. The van der Waals surface area contributed by atoms with E-state index >= 15 is 0 Å². The van der Waals surface area contributed by atoms with Crippen molar-refractivity contribution >= 4 is 0 Å². The fourth-order valence-corrected chi connectivity index (χ4v) is 1.87. The number of hydrogen-bond acceptors (Lipinski definition) is 2. The number of nitrogens with one attached hydrogen (secondary N) is 2. The molecule has 1 aromatic carbocycles. The van der Waals surface area contributed by atoms with E-state index < -0.39 is 0 Å². The second-order valence-electron chi connectivity index (χ2n) is 4.31. The molecule has 0 aliphatic rings. The maximum absolute atomic E-state index is 4.20. The molecular formula is C14H19N3. The van der Waals surface area contributed by atoms with E-state index in [2.05, 4.69) is 46.5 Å². The van der Waals surface area contributed by atoms with Crippen LogP contribution in [0.15, 0.2) is 36.7 Å². The minimum absolute atomic E-state index is 0.944. The smallest absolute Gasteiger partial charge is 0.106 e. The third kappa shape index (κ3) is 4.04. The molecule has 0 aliphatic heterocycles. The molecule has 0 radical (unpaired) electrons. The Bertz CT molecular complexity index is 434. The van der Waals surface area contributed by atoms with Crippen LogP contribution in [0.4, 0.5) is 0 Å². The SMILES string of the molecule is Cc1cccc(CNCCCc2ncc[nH]2)c1. The molecule has 2 N–H and O–H groups in total. The molecule has 0 saturated heterocycles. The lowest BCUT2D eigenvalue weighted by Crippen LogP contribution is -2.15. The Kier molecular flexibility index (Phi) is 4.33. The Morgan fingerprint density at radius 1 is 1.35 bits per heavy atom. The summed E-state index contributed by atoms with van der Waals surface area (Å²) in [5.41, 5.74) is 2.67. The predicted octanol–water partition coefficient (Wildman–Crippen LogP) is 2.44. The van der Waals surface area contributed by atoms with E-state index in [1.807, 2.05) is 6.20 Å². The lowest BCUT2D eigenvalue weighted by molar-refractivity contribution is 0.641. The zero-order chi connectivity index (χ0) is 11.9. The highest BCUT2D eigenvalue weighted by Gasteiger charge is 1.95. The first-order valence-electron chi connectivity index (χ1n) is 6.09. The molecule has 0 fully saturated rings. The molecule has 3 heteroatoms. The van der Waals surface area contributed by atoms with Crippen molar-refractivity contribution in [2.45, 2.75) is 26.3 Å². The van der Waals surface area contributed by atoms with Gasteiger partial charge in [-0.3, -0.25) is 0 Å². The summed E-state index contributed by atoms with van der Waals surface area (Å²) in [5.74, 6) is 1.07. The number of aromatic amines is 1. The third-order valence-electron chi connectivity index (χ3n) is 2.73. The Morgan fingerprint density at radius 2 is 2.29 bits per heavy atom. The Morgan fingerprint density at radius 3 is 3.06 bits per heavy atom. The van der Waals surface area contributed by atoms with Crippen LogP contribution in [-0.4, -0.2) is 16.5 Å². The van der Waals surface area contributed by atoms with Gasteiger partial charge in [0, 0.05) is 25.4 Å². The van der Waals surface area contributed by atoms with Gasteiger partial charge in [-0.2, -0.15) is 0 Å². The second-order valence-corrected chi connectivity index (χ2v) is 4.31. The predicted molar refractivity (Wildman–Crippen MR) is 69.8 cm³/mol. The monoisotopic (exact) mass is 229 g/mol. The van der Waals surface area contributed by atoms with Crippen LogP contribution >= 0.6 is 0 Å². The number of aryl methyl sites for hydroxylation is 2. The number of nitrogens with zero attached hydrogens (tertiary/aromatic N) is 1. The molecule has 0 unspecified atom stereocenters. The molecule has 1 heterocycles. The number of H-pyrrole nitrogens is 1. The summed E-state index contributed by atoms with van der Waals surface area (Å²) in [6, 6.07) is 8.61. The molecule has 2 aromatic rings. The van der Waals surface area contributed by atoms with Gasteiger partial charge in [-0.1, -0.05) is 29.8 Å². The van der Waals surface area contributed by atoms with Crippen LogP contribution in [0.3, 0.4) is 0 Å². The highest BCUT2D eigenvalue weighted by molar-refractivity contribution is 5.21. The maximum Gasteiger partial charge on any atom is 0.106 e. The van der Waals surface area contributed by atoms with Gasteiger partial charge in [0.2, 0.25) is 0 Å². The molecule has 90 valence electrons. The van der Waals surface area contributed by atoms with Crippen LogP contribution in [0.25, 0.3) is 0 Å². The highest BCUT2D eigenvalue weighted by atomic mass is 14.9. The normalized spacial score (nSPS) is 10.6. The summed E-state index contributed by atoms with van der Waals surface area (Å²) < 4.78 is 0. The first-order valence-corrected chi connectivity index (χ1v) is 6.09. The van der Waals surface area contributed by atoms with Crippen molar-refractivity contribution in [2.75, 3.05) is 6.54 Å².